The zero-order valence-electron chi connectivity index (χ0n) is 9.05. The first-order valence-corrected chi connectivity index (χ1v) is 6.52. The minimum absolute atomic E-state index is 0.169. The molecule has 1 aliphatic heterocycles. The van der Waals surface area contributed by atoms with Gasteiger partial charge in [0.05, 0.1) is 10.8 Å². The molecule has 0 bridgehead atoms. The molecule has 4 heteroatoms. The van der Waals surface area contributed by atoms with Crippen molar-refractivity contribution in [3.63, 3.8) is 0 Å². The number of alkyl halides is 1. The Labute approximate surface area is 95.4 Å². The second kappa shape index (κ2) is 4.75. The van der Waals surface area contributed by atoms with E-state index in [2.05, 4.69) is 0 Å². The van der Waals surface area contributed by atoms with Crippen molar-refractivity contribution in [3.05, 3.63) is 0 Å². The second-order valence-corrected chi connectivity index (χ2v) is 5.92. The molecule has 0 saturated carbocycles. The van der Waals surface area contributed by atoms with E-state index in [1.54, 1.807) is 16.7 Å². The molecule has 14 heavy (non-hydrogen) atoms. The molecule has 0 aliphatic carbocycles. The standard InChI is InChI=1S/C10H18ClNOS/c1-10(2,7-11)12(3)9(13)8-5-4-6-14-8/h8H,4-7H2,1-3H3. The maximum Gasteiger partial charge on any atom is 0.235 e. The Kier molecular flexibility index (Phi) is 4.14. The number of hydrogen-bond acceptors (Lipinski definition) is 2. The fourth-order valence-electron chi connectivity index (χ4n) is 1.38. The number of rotatable bonds is 3. The average molecular weight is 236 g/mol. The summed E-state index contributed by atoms with van der Waals surface area (Å²) in [4.78, 5) is 13.8. The third-order valence-corrected chi connectivity index (χ3v) is 4.79. The summed E-state index contributed by atoms with van der Waals surface area (Å²) >= 11 is 7.61. The van der Waals surface area contributed by atoms with E-state index in [-0.39, 0.29) is 16.7 Å². The van der Waals surface area contributed by atoms with E-state index >= 15 is 0 Å². The molecule has 1 aliphatic rings. The van der Waals surface area contributed by atoms with Crippen molar-refractivity contribution in [2.24, 2.45) is 0 Å². The molecule has 2 nitrogen and oxygen atoms in total. The Morgan fingerprint density at radius 2 is 2.29 bits per heavy atom. The Hall–Kier alpha value is 0.110. The molecule has 1 amide bonds. The molecule has 0 spiro atoms. The first kappa shape index (κ1) is 12.2. The van der Waals surface area contributed by atoms with Crippen LogP contribution in [0.15, 0.2) is 0 Å². The second-order valence-electron chi connectivity index (χ2n) is 4.34. The van der Waals surface area contributed by atoms with Crippen molar-refractivity contribution >= 4 is 29.3 Å². The Bertz CT molecular complexity index is 214. The van der Waals surface area contributed by atoms with E-state index < -0.39 is 0 Å². The summed E-state index contributed by atoms with van der Waals surface area (Å²) in [6.45, 7) is 4.00. The smallest absolute Gasteiger partial charge is 0.235 e. The van der Waals surface area contributed by atoms with Crippen molar-refractivity contribution in [1.82, 2.24) is 4.90 Å². The van der Waals surface area contributed by atoms with Crippen LogP contribution in [-0.2, 0) is 4.79 Å². The van der Waals surface area contributed by atoms with Gasteiger partial charge in [-0.15, -0.1) is 23.4 Å². The fourth-order valence-corrected chi connectivity index (χ4v) is 2.81. The summed E-state index contributed by atoms with van der Waals surface area (Å²) in [6, 6.07) is 0. The maximum absolute atomic E-state index is 12.0. The monoisotopic (exact) mass is 235 g/mol. The molecule has 1 fully saturated rings. The van der Waals surface area contributed by atoms with Crippen LogP contribution in [0.2, 0.25) is 0 Å². The Morgan fingerprint density at radius 3 is 2.71 bits per heavy atom. The van der Waals surface area contributed by atoms with Crippen LogP contribution in [0.5, 0.6) is 0 Å². The Morgan fingerprint density at radius 1 is 1.64 bits per heavy atom. The van der Waals surface area contributed by atoms with Gasteiger partial charge in [0.25, 0.3) is 0 Å². The zero-order valence-corrected chi connectivity index (χ0v) is 10.6. The number of halogens is 1. The summed E-state index contributed by atoms with van der Waals surface area (Å²) in [6.07, 6.45) is 2.18. The molecule has 1 rings (SSSR count). The lowest BCUT2D eigenvalue weighted by molar-refractivity contribution is -0.133. The van der Waals surface area contributed by atoms with Crippen LogP contribution >= 0.6 is 23.4 Å². The maximum atomic E-state index is 12.0. The highest BCUT2D eigenvalue weighted by atomic mass is 35.5. The average Bonchev–Trinajstić information content (AvgIpc) is 2.68. The molecular formula is C10H18ClNOS. The minimum Gasteiger partial charge on any atom is -0.338 e. The highest BCUT2D eigenvalue weighted by molar-refractivity contribution is 8.00. The molecule has 0 aromatic rings. The predicted molar refractivity (Wildman–Crippen MR) is 63.0 cm³/mol. The summed E-state index contributed by atoms with van der Waals surface area (Å²) in [5.41, 5.74) is -0.234. The number of carbonyl (C=O) groups is 1. The summed E-state index contributed by atoms with van der Waals surface area (Å²) in [5, 5.41) is 0.169. The van der Waals surface area contributed by atoms with E-state index in [4.69, 9.17) is 11.6 Å². The van der Waals surface area contributed by atoms with Gasteiger partial charge in [0.15, 0.2) is 0 Å². The van der Waals surface area contributed by atoms with Crippen LogP contribution < -0.4 is 0 Å². The molecule has 1 heterocycles. The van der Waals surface area contributed by atoms with Crippen LogP contribution in [-0.4, -0.2) is 40.3 Å². The number of hydrogen-bond donors (Lipinski definition) is 0. The normalized spacial score (nSPS) is 22.4. The number of nitrogens with zero attached hydrogens (tertiary/aromatic N) is 1. The van der Waals surface area contributed by atoms with Crippen molar-refractivity contribution in [2.75, 3.05) is 18.7 Å². The van der Waals surface area contributed by atoms with E-state index in [9.17, 15) is 4.79 Å². The van der Waals surface area contributed by atoms with Crippen LogP contribution in [0.25, 0.3) is 0 Å². The molecule has 0 radical (unpaired) electrons. The summed E-state index contributed by atoms with van der Waals surface area (Å²) in [5.74, 6) is 1.83. The topological polar surface area (TPSA) is 20.3 Å². The van der Waals surface area contributed by atoms with Gasteiger partial charge >= 0.3 is 0 Å². The van der Waals surface area contributed by atoms with E-state index in [1.165, 1.54) is 0 Å². The summed E-state index contributed by atoms with van der Waals surface area (Å²) < 4.78 is 0. The van der Waals surface area contributed by atoms with Gasteiger partial charge in [-0.2, -0.15) is 0 Å². The molecular weight excluding hydrogens is 218 g/mol. The van der Waals surface area contributed by atoms with Gasteiger partial charge in [-0.05, 0) is 32.4 Å². The lowest BCUT2D eigenvalue weighted by Gasteiger charge is -2.35. The van der Waals surface area contributed by atoms with Gasteiger partial charge < -0.3 is 4.90 Å². The van der Waals surface area contributed by atoms with Crippen molar-refractivity contribution in [1.29, 1.82) is 0 Å². The quantitative estimate of drug-likeness (QED) is 0.700. The van der Waals surface area contributed by atoms with E-state index in [0.717, 1.165) is 18.6 Å². The SMILES string of the molecule is CN(C(=O)C1CCCS1)C(C)(C)CCl. The van der Waals surface area contributed by atoms with Gasteiger partial charge in [0.2, 0.25) is 5.91 Å². The first-order chi connectivity index (χ1) is 6.49. The third kappa shape index (κ3) is 2.57. The van der Waals surface area contributed by atoms with Gasteiger partial charge in [-0.25, -0.2) is 0 Å². The summed E-state index contributed by atoms with van der Waals surface area (Å²) in [7, 11) is 1.85. The zero-order chi connectivity index (χ0) is 10.8. The molecule has 1 saturated heterocycles. The van der Waals surface area contributed by atoms with Crippen molar-refractivity contribution in [2.45, 2.75) is 37.5 Å². The van der Waals surface area contributed by atoms with Crippen molar-refractivity contribution in [3.8, 4) is 0 Å². The Balaban J connectivity index is 2.59. The molecule has 1 unspecified atom stereocenters. The third-order valence-electron chi connectivity index (χ3n) is 2.77. The van der Waals surface area contributed by atoms with Crippen LogP contribution in [0, 0.1) is 0 Å². The molecule has 0 N–H and O–H groups in total. The molecule has 82 valence electrons. The van der Waals surface area contributed by atoms with Crippen molar-refractivity contribution < 1.29 is 4.79 Å². The van der Waals surface area contributed by atoms with Gasteiger partial charge in [0, 0.05) is 12.9 Å². The largest absolute Gasteiger partial charge is 0.338 e. The first-order valence-electron chi connectivity index (χ1n) is 4.94. The highest BCUT2D eigenvalue weighted by Gasteiger charge is 2.33. The van der Waals surface area contributed by atoms with E-state index in [1.807, 2.05) is 20.9 Å². The van der Waals surface area contributed by atoms with E-state index in [0.29, 0.717) is 5.88 Å². The lowest BCUT2D eigenvalue weighted by Crippen LogP contribution is -2.49. The van der Waals surface area contributed by atoms with Crippen LogP contribution in [0.1, 0.15) is 26.7 Å². The van der Waals surface area contributed by atoms with Gasteiger partial charge in [0.1, 0.15) is 0 Å². The molecule has 0 aromatic heterocycles. The predicted octanol–water partition coefficient (Wildman–Crippen LogP) is 2.36. The van der Waals surface area contributed by atoms with Crippen LogP contribution in [0.4, 0.5) is 0 Å². The number of amides is 1. The minimum atomic E-state index is -0.234. The van der Waals surface area contributed by atoms with Gasteiger partial charge in [-0.3, -0.25) is 4.79 Å². The fraction of sp³-hybridized carbons (Fsp3) is 0.900. The number of thioether (sulfide) groups is 1. The number of carbonyl (C=O) groups excluding carboxylic acids is 1. The lowest BCUT2D eigenvalue weighted by atomic mass is 10.1. The van der Waals surface area contributed by atoms with Gasteiger partial charge in [-0.1, -0.05) is 0 Å². The molecule has 1 atom stereocenters. The van der Waals surface area contributed by atoms with Crippen LogP contribution in [0.3, 0.4) is 0 Å². The molecule has 0 aromatic carbocycles. The highest BCUT2D eigenvalue weighted by Crippen LogP contribution is 2.29.